The number of hydrogen-bond acceptors (Lipinski definition) is 3. The van der Waals surface area contributed by atoms with Crippen LogP contribution in [0.15, 0.2) is 0 Å². The summed E-state index contributed by atoms with van der Waals surface area (Å²) in [4.78, 5) is 0. The maximum atomic E-state index is 11.0. The minimum Gasteiger partial charge on any atom is -0.229 e. The molecule has 0 aromatic rings. The highest BCUT2D eigenvalue weighted by atomic mass is 32.2. The van der Waals surface area contributed by atoms with Crippen LogP contribution in [-0.4, -0.2) is 30.4 Å². The molecule has 1 aliphatic rings. The minimum atomic E-state index is -2.66. The van der Waals surface area contributed by atoms with Gasteiger partial charge in [0.1, 0.15) is 0 Å². The zero-order valence-corrected chi connectivity index (χ0v) is 8.54. The second-order valence-corrected chi connectivity index (χ2v) is 7.32. The second-order valence-electron chi connectivity index (χ2n) is 3.21. The van der Waals surface area contributed by atoms with Crippen LogP contribution in [0.1, 0.15) is 20.3 Å². The molecule has 0 aliphatic carbocycles. The smallest absolute Gasteiger partial charge is 0.151 e. The Labute approximate surface area is 72.7 Å². The van der Waals surface area contributed by atoms with Crippen molar-refractivity contribution in [3.8, 4) is 0 Å². The molecular weight excluding hydrogens is 180 g/mol. The third-order valence-corrected chi connectivity index (χ3v) is 4.97. The third kappa shape index (κ3) is 3.03. The highest BCUT2D eigenvalue weighted by Gasteiger charge is 2.28. The van der Waals surface area contributed by atoms with Gasteiger partial charge in [0.25, 0.3) is 0 Å². The van der Waals surface area contributed by atoms with Gasteiger partial charge in [-0.3, -0.25) is 0 Å². The van der Waals surface area contributed by atoms with Crippen molar-refractivity contribution in [3.05, 3.63) is 0 Å². The van der Waals surface area contributed by atoms with Crippen LogP contribution in [0.2, 0.25) is 0 Å². The summed E-state index contributed by atoms with van der Waals surface area (Å²) in [5, 5.41) is 0.910. The Morgan fingerprint density at radius 1 is 1.45 bits per heavy atom. The molecule has 1 unspecified atom stereocenters. The van der Waals surface area contributed by atoms with Crippen LogP contribution in [0, 0.1) is 0 Å². The van der Waals surface area contributed by atoms with Crippen LogP contribution >= 0.6 is 11.8 Å². The van der Waals surface area contributed by atoms with Gasteiger partial charge in [-0.1, -0.05) is 13.8 Å². The molecule has 1 aliphatic heterocycles. The fraction of sp³-hybridized carbons (Fsp3) is 1.00. The summed E-state index contributed by atoms with van der Waals surface area (Å²) in [6, 6.07) is 0. The zero-order valence-electron chi connectivity index (χ0n) is 6.91. The van der Waals surface area contributed by atoms with E-state index in [4.69, 9.17) is 0 Å². The first-order chi connectivity index (χ1) is 4.99. The van der Waals surface area contributed by atoms with Gasteiger partial charge in [-0.15, -0.1) is 0 Å². The largest absolute Gasteiger partial charge is 0.229 e. The average Bonchev–Trinajstić information content (AvgIpc) is 2.08. The lowest BCUT2D eigenvalue weighted by Crippen LogP contribution is -2.08. The number of sulfone groups is 1. The normalized spacial score (nSPS) is 29.5. The van der Waals surface area contributed by atoms with E-state index in [-0.39, 0.29) is 0 Å². The second kappa shape index (κ2) is 3.35. The van der Waals surface area contributed by atoms with Gasteiger partial charge in [0, 0.05) is 5.25 Å². The van der Waals surface area contributed by atoms with Crippen molar-refractivity contribution in [2.45, 2.75) is 30.8 Å². The van der Waals surface area contributed by atoms with Gasteiger partial charge < -0.3 is 0 Å². The van der Waals surface area contributed by atoms with E-state index in [2.05, 4.69) is 13.8 Å². The molecule has 0 amide bonds. The van der Waals surface area contributed by atoms with Crippen molar-refractivity contribution < 1.29 is 8.42 Å². The molecule has 0 aromatic heterocycles. The minimum absolute atomic E-state index is 0.361. The summed E-state index contributed by atoms with van der Waals surface area (Å²) in [6.07, 6.45) is 0.852. The molecule has 1 fully saturated rings. The Morgan fingerprint density at radius 2 is 2.09 bits per heavy atom. The number of thioether (sulfide) groups is 1. The molecule has 1 saturated heterocycles. The first-order valence-corrected chi connectivity index (χ1v) is 6.62. The Kier molecular flexibility index (Phi) is 2.86. The average molecular weight is 194 g/mol. The molecule has 1 rings (SSSR count). The molecule has 1 heterocycles. The fourth-order valence-electron chi connectivity index (χ4n) is 1.25. The fourth-order valence-corrected chi connectivity index (χ4v) is 4.91. The Bertz CT molecular complexity index is 219. The van der Waals surface area contributed by atoms with Crippen molar-refractivity contribution in [3.63, 3.8) is 0 Å². The summed E-state index contributed by atoms with van der Waals surface area (Å²) in [7, 11) is -2.66. The van der Waals surface area contributed by atoms with Gasteiger partial charge in [-0.25, -0.2) is 8.42 Å². The molecular formula is C7H14O2S2. The van der Waals surface area contributed by atoms with Crippen molar-refractivity contribution in [2.75, 3.05) is 11.5 Å². The first kappa shape index (κ1) is 9.39. The molecule has 0 N–H and O–H groups in total. The number of hydrogen-bond donors (Lipinski definition) is 0. The first-order valence-electron chi connectivity index (χ1n) is 3.85. The summed E-state index contributed by atoms with van der Waals surface area (Å²) in [5.41, 5.74) is 0. The van der Waals surface area contributed by atoms with Gasteiger partial charge >= 0.3 is 0 Å². The van der Waals surface area contributed by atoms with E-state index in [1.165, 1.54) is 0 Å². The summed E-state index contributed by atoms with van der Waals surface area (Å²) >= 11 is 1.79. The predicted octanol–water partition coefficient (Wildman–Crippen LogP) is 1.32. The highest BCUT2D eigenvalue weighted by molar-refractivity contribution is 8.02. The highest BCUT2D eigenvalue weighted by Crippen LogP contribution is 2.27. The lowest BCUT2D eigenvalue weighted by atomic mass is 10.4. The van der Waals surface area contributed by atoms with Crippen LogP contribution in [0.3, 0.4) is 0 Å². The van der Waals surface area contributed by atoms with Gasteiger partial charge in [0.2, 0.25) is 0 Å². The molecule has 0 saturated carbocycles. The lowest BCUT2D eigenvalue weighted by Gasteiger charge is -2.09. The molecule has 11 heavy (non-hydrogen) atoms. The van der Waals surface area contributed by atoms with Gasteiger partial charge in [0.05, 0.1) is 11.5 Å². The molecule has 0 bridgehead atoms. The van der Waals surface area contributed by atoms with Crippen LogP contribution in [0.4, 0.5) is 0 Å². The van der Waals surface area contributed by atoms with Gasteiger partial charge in [-0.05, 0) is 11.7 Å². The van der Waals surface area contributed by atoms with E-state index in [9.17, 15) is 8.42 Å². The number of rotatable bonds is 2. The molecule has 0 spiro atoms. The maximum absolute atomic E-state index is 11.0. The van der Waals surface area contributed by atoms with Crippen LogP contribution in [0.25, 0.3) is 0 Å². The molecule has 4 heteroatoms. The van der Waals surface area contributed by atoms with E-state index < -0.39 is 9.84 Å². The van der Waals surface area contributed by atoms with Crippen LogP contribution < -0.4 is 0 Å². The van der Waals surface area contributed by atoms with Crippen molar-refractivity contribution in [2.24, 2.45) is 0 Å². The molecule has 0 aromatic carbocycles. The molecule has 1 atom stereocenters. The summed E-state index contributed by atoms with van der Waals surface area (Å²) in [5.74, 6) is 0.799. The molecule has 2 nitrogen and oxygen atoms in total. The Morgan fingerprint density at radius 3 is 2.45 bits per heavy atom. The SMILES string of the molecule is CC(C)SC1CCS(=O)(=O)C1. The molecule has 0 radical (unpaired) electrons. The zero-order chi connectivity index (χ0) is 8.48. The van der Waals surface area contributed by atoms with Crippen LogP contribution in [-0.2, 0) is 9.84 Å². The molecule has 66 valence electrons. The van der Waals surface area contributed by atoms with Crippen LogP contribution in [0.5, 0.6) is 0 Å². The van der Waals surface area contributed by atoms with Crippen molar-refractivity contribution in [1.82, 2.24) is 0 Å². The maximum Gasteiger partial charge on any atom is 0.151 e. The Hall–Kier alpha value is 0.300. The monoisotopic (exact) mass is 194 g/mol. The standard InChI is InChI=1S/C7H14O2S2/c1-6(2)10-7-3-4-11(8,9)5-7/h6-7H,3-5H2,1-2H3. The van der Waals surface area contributed by atoms with E-state index in [1.807, 2.05) is 0 Å². The van der Waals surface area contributed by atoms with Crippen molar-refractivity contribution in [1.29, 1.82) is 0 Å². The lowest BCUT2D eigenvalue weighted by molar-refractivity contribution is 0.602. The predicted molar refractivity (Wildman–Crippen MR) is 49.8 cm³/mol. The van der Waals surface area contributed by atoms with Gasteiger partial charge in [0.15, 0.2) is 9.84 Å². The third-order valence-electron chi connectivity index (χ3n) is 1.66. The Balaban J connectivity index is 2.43. The van der Waals surface area contributed by atoms with E-state index in [0.717, 1.165) is 6.42 Å². The summed E-state index contributed by atoms with van der Waals surface area (Å²) in [6.45, 7) is 4.21. The summed E-state index contributed by atoms with van der Waals surface area (Å²) < 4.78 is 22.0. The topological polar surface area (TPSA) is 34.1 Å². The van der Waals surface area contributed by atoms with Crippen molar-refractivity contribution >= 4 is 21.6 Å². The van der Waals surface area contributed by atoms with E-state index in [0.29, 0.717) is 22.0 Å². The van der Waals surface area contributed by atoms with E-state index in [1.54, 1.807) is 11.8 Å². The van der Waals surface area contributed by atoms with E-state index >= 15 is 0 Å². The van der Waals surface area contributed by atoms with Gasteiger partial charge in [-0.2, -0.15) is 11.8 Å². The quantitative estimate of drug-likeness (QED) is 0.665.